The molecule has 1 heterocycles. The number of nitrogens with zero attached hydrogens (tertiary/aromatic N) is 1. The van der Waals surface area contributed by atoms with E-state index in [0.717, 1.165) is 13.1 Å². The molecule has 0 bridgehead atoms. The molecule has 1 N–H and O–H groups in total. The van der Waals surface area contributed by atoms with E-state index >= 15 is 0 Å². The lowest BCUT2D eigenvalue weighted by atomic mass is 10.0. The molecule has 128 valence electrons. The predicted octanol–water partition coefficient (Wildman–Crippen LogP) is 2.60. The second-order valence-electron chi connectivity index (χ2n) is 4.68. The minimum absolute atomic E-state index is 0. The smallest absolute Gasteiger partial charge is 0.163 e. The van der Waals surface area contributed by atoms with E-state index in [1.165, 1.54) is 26.4 Å². The van der Waals surface area contributed by atoms with Gasteiger partial charge < -0.3 is 14.8 Å². The van der Waals surface area contributed by atoms with Gasteiger partial charge in [0.2, 0.25) is 0 Å². The Morgan fingerprint density at radius 3 is 2.18 bits per heavy atom. The molecule has 1 aliphatic heterocycles. The molecule has 0 unspecified atom stereocenters. The van der Waals surface area contributed by atoms with Crippen molar-refractivity contribution in [3.8, 4) is 11.5 Å². The Labute approximate surface area is 142 Å². The normalized spacial score (nSPS) is 16.2. The maximum Gasteiger partial charge on any atom is 0.163 e. The minimum atomic E-state index is -0.633. The molecular formula is C14H22Cl2F2N2O2. The highest BCUT2D eigenvalue weighted by Gasteiger charge is 2.26. The van der Waals surface area contributed by atoms with Gasteiger partial charge in [0.25, 0.3) is 0 Å². The number of methoxy groups -OCH3 is 2. The quantitative estimate of drug-likeness (QED) is 0.877. The van der Waals surface area contributed by atoms with E-state index in [2.05, 4.69) is 5.32 Å². The third-order valence-electron chi connectivity index (χ3n) is 3.60. The highest BCUT2D eigenvalue weighted by Crippen LogP contribution is 2.34. The first-order valence-corrected chi connectivity index (χ1v) is 6.63. The second kappa shape index (κ2) is 10.0. The van der Waals surface area contributed by atoms with Crippen molar-refractivity contribution in [3.05, 3.63) is 23.5 Å². The zero-order chi connectivity index (χ0) is 14.5. The van der Waals surface area contributed by atoms with Gasteiger partial charge in [-0.1, -0.05) is 0 Å². The molecule has 1 fully saturated rings. The van der Waals surface area contributed by atoms with Crippen molar-refractivity contribution in [2.24, 2.45) is 0 Å². The topological polar surface area (TPSA) is 33.7 Å². The molecule has 22 heavy (non-hydrogen) atoms. The molecule has 1 atom stereocenters. The van der Waals surface area contributed by atoms with Crippen LogP contribution in [-0.4, -0.2) is 52.0 Å². The van der Waals surface area contributed by atoms with Crippen LogP contribution >= 0.6 is 24.8 Å². The number of benzene rings is 1. The molecule has 1 saturated heterocycles. The number of rotatable bonds is 5. The lowest BCUT2D eigenvalue weighted by Crippen LogP contribution is -2.45. The van der Waals surface area contributed by atoms with Crippen LogP contribution in [0.25, 0.3) is 0 Å². The first kappa shape index (κ1) is 21.2. The van der Waals surface area contributed by atoms with Gasteiger partial charge in [-0.05, 0) is 6.07 Å². The number of piperazine rings is 1. The third kappa shape index (κ3) is 4.59. The molecule has 4 nitrogen and oxygen atoms in total. The van der Waals surface area contributed by atoms with Crippen LogP contribution in [0.2, 0.25) is 0 Å². The van der Waals surface area contributed by atoms with Gasteiger partial charge in [0.1, 0.15) is 12.5 Å². The van der Waals surface area contributed by atoms with E-state index in [1.807, 2.05) is 4.90 Å². The van der Waals surface area contributed by atoms with Gasteiger partial charge in [-0.15, -0.1) is 24.8 Å². The fourth-order valence-electron chi connectivity index (χ4n) is 2.50. The van der Waals surface area contributed by atoms with Crippen molar-refractivity contribution in [1.29, 1.82) is 0 Å². The molecule has 2 rings (SSSR count). The molecule has 0 amide bonds. The Kier molecular flexibility index (Phi) is 9.67. The van der Waals surface area contributed by atoms with Crippen LogP contribution in [-0.2, 0) is 0 Å². The lowest BCUT2D eigenvalue weighted by molar-refractivity contribution is 0.144. The van der Waals surface area contributed by atoms with Crippen molar-refractivity contribution < 1.29 is 18.3 Å². The first-order valence-electron chi connectivity index (χ1n) is 6.63. The summed E-state index contributed by atoms with van der Waals surface area (Å²) >= 11 is 0. The standard InChI is InChI=1S/C14H20F2N2O2.2ClH/c1-19-13-7-10(11(16)8-14(13)20-2)12(9-15)18-5-3-17-4-6-18;;/h7-8,12,17H,3-6,9H2,1-2H3;2*1H/t12-;;/m1../s1. The predicted molar refractivity (Wildman–Crippen MR) is 87.2 cm³/mol. The van der Waals surface area contributed by atoms with E-state index in [4.69, 9.17) is 9.47 Å². The molecule has 0 spiro atoms. The summed E-state index contributed by atoms with van der Waals surface area (Å²) in [4.78, 5) is 1.95. The van der Waals surface area contributed by atoms with E-state index in [-0.39, 0.29) is 24.8 Å². The van der Waals surface area contributed by atoms with Crippen molar-refractivity contribution in [2.75, 3.05) is 47.1 Å². The summed E-state index contributed by atoms with van der Waals surface area (Å²) in [5.41, 5.74) is 0.312. The van der Waals surface area contributed by atoms with Crippen LogP contribution < -0.4 is 14.8 Å². The number of alkyl halides is 1. The number of hydrogen-bond acceptors (Lipinski definition) is 4. The maximum absolute atomic E-state index is 14.2. The van der Waals surface area contributed by atoms with Gasteiger partial charge in [-0.3, -0.25) is 4.90 Å². The molecule has 1 aliphatic rings. The van der Waals surface area contributed by atoms with Crippen molar-refractivity contribution in [3.63, 3.8) is 0 Å². The third-order valence-corrected chi connectivity index (χ3v) is 3.60. The van der Waals surface area contributed by atoms with Crippen molar-refractivity contribution >= 4 is 24.8 Å². The van der Waals surface area contributed by atoms with Crippen LogP contribution in [0.4, 0.5) is 8.78 Å². The molecule has 1 aromatic rings. The van der Waals surface area contributed by atoms with Crippen LogP contribution in [0.15, 0.2) is 12.1 Å². The molecule has 0 aromatic heterocycles. The Balaban J connectivity index is 0.00000220. The highest BCUT2D eigenvalue weighted by atomic mass is 35.5. The Hall–Kier alpha value is -0.820. The first-order chi connectivity index (χ1) is 9.71. The lowest BCUT2D eigenvalue weighted by Gasteiger charge is -2.34. The molecule has 0 saturated carbocycles. The molecule has 0 radical (unpaired) electrons. The number of nitrogens with one attached hydrogen (secondary N) is 1. The van der Waals surface area contributed by atoms with Crippen LogP contribution in [0.1, 0.15) is 11.6 Å². The van der Waals surface area contributed by atoms with Gasteiger partial charge in [0.15, 0.2) is 11.5 Å². The fourth-order valence-corrected chi connectivity index (χ4v) is 2.50. The maximum atomic E-state index is 14.2. The van der Waals surface area contributed by atoms with E-state index < -0.39 is 18.5 Å². The summed E-state index contributed by atoms with van der Waals surface area (Å²) in [5.74, 6) is 0.257. The van der Waals surface area contributed by atoms with E-state index in [9.17, 15) is 8.78 Å². The highest BCUT2D eigenvalue weighted by molar-refractivity contribution is 5.85. The van der Waals surface area contributed by atoms with Gasteiger partial charge >= 0.3 is 0 Å². The summed E-state index contributed by atoms with van der Waals surface area (Å²) < 4.78 is 37.8. The fraction of sp³-hybridized carbons (Fsp3) is 0.571. The summed E-state index contributed by atoms with van der Waals surface area (Å²) in [6.45, 7) is 2.33. The van der Waals surface area contributed by atoms with E-state index in [1.54, 1.807) is 0 Å². The number of hydrogen-bond donors (Lipinski definition) is 1. The minimum Gasteiger partial charge on any atom is -0.493 e. The molecule has 1 aromatic carbocycles. The van der Waals surface area contributed by atoms with Gasteiger partial charge in [0.05, 0.1) is 20.3 Å². The summed E-state index contributed by atoms with van der Waals surface area (Å²) in [7, 11) is 2.93. The summed E-state index contributed by atoms with van der Waals surface area (Å²) in [6.07, 6.45) is 0. The Bertz CT molecular complexity index is 461. The molecular weight excluding hydrogens is 337 g/mol. The second-order valence-corrected chi connectivity index (χ2v) is 4.68. The van der Waals surface area contributed by atoms with Crippen molar-refractivity contribution in [2.45, 2.75) is 6.04 Å². The Morgan fingerprint density at radius 1 is 1.14 bits per heavy atom. The largest absolute Gasteiger partial charge is 0.493 e. The van der Waals surface area contributed by atoms with E-state index in [0.29, 0.717) is 30.2 Å². The summed E-state index contributed by atoms with van der Waals surface area (Å²) in [5, 5.41) is 3.20. The van der Waals surface area contributed by atoms with Crippen LogP contribution in [0, 0.1) is 5.82 Å². The monoisotopic (exact) mass is 358 g/mol. The van der Waals surface area contributed by atoms with Crippen LogP contribution in [0.3, 0.4) is 0 Å². The van der Waals surface area contributed by atoms with Gasteiger partial charge in [0, 0.05) is 37.8 Å². The average Bonchev–Trinajstić information content (AvgIpc) is 2.50. The van der Waals surface area contributed by atoms with Crippen molar-refractivity contribution in [1.82, 2.24) is 10.2 Å². The molecule has 0 aliphatic carbocycles. The SMILES string of the molecule is COc1cc(F)c([C@@H](CF)N2CCNCC2)cc1OC.Cl.Cl. The Morgan fingerprint density at radius 2 is 1.68 bits per heavy atom. The molecule has 8 heteroatoms. The summed E-state index contributed by atoms with van der Waals surface area (Å²) in [6, 6.07) is 2.19. The van der Waals surface area contributed by atoms with Gasteiger partial charge in [-0.25, -0.2) is 8.78 Å². The van der Waals surface area contributed by atoms with Gasteiger partial charge in [-0.2, -0.15) is 0 Å². The zero-order valence-electron chi connectivity index (χ0n) is 12.6. The number of halogens is 4. The average molecular weight is 359 g/mol. The zero-order valence-corrected chi connectivity index (χ0v) is 14.2. The number of ether oxygens (including phenoxy) is 2. The van der Waals surface area contributed by atoms with Crippen LogP contribution in [0.5, 0.6) is 11.5 Å².